The van der Waals surface area contributed by atoms with Crippen molar-refractivity contribution in [2.45, 2.75) is 19.4 Å². The van der Waals surface area contributed by atoms with Crippen molar-refractivity contribution in [2.75, 3.05) is 13.1 Å². The van der Waals surface area contributed by atoms with Gasteiger partial charge in [-0.1, -0.05) is 0 Å². The van der Waals surface area contributed by atoms with Gasteiger partial charge in [0.05, 0.1) is 11.7 Å². The molecule has 1 atom stereocenters. The van der Waals surface area contributed by atoms with Crippen LogP contribution in [-0.2, 0) is 0 Å². The lowest BCUT2D eigenvalue weighted by Gasteiger charge is -2.15. The van der Waals surface area contributed by atoms with Gasteiger partial charge in [-0.05, 0) is 19.4 Å². The number of aromatic amines is 1. The van der Waals surface area contributed by atoms with Crippen molar-refractivity contribution >= 4 is 5.91 Å². The third kappa shape index (κ3) is 1.99. The van der Waals surface area contributed by atoms with Crippen molar-refractivity contribution in [1.82, 2.24) is 9.88 Å². The Balaban J connectivity index is 2.21. The highest BCUT2D eigenvalue weighted by Crippen LogP contribution is 2.12. The first-order valence-electron chi connectivity index (χ1n) is 5.24. The van der Waals surface area contributed by atoms with Gasteiger partial charge in [-0.2, -0.15) is 0 Å². The summed E-state index contributed by atoms with van der Waals surface area (Å²) in [5.74, 6) is -0.143. The van der Waals surface area contributed by atoms with E-state index in [-0.39, 0.29) is 11.5 Å². The number of aliphatic hydroxyl groups excluding tert-OH is 1. The molecule has 5 heteroatoms. The summed E-state index contributed by atoms with van der Waals surface area (Å²) in [4.78, 5) is 27.2. The van der Waals surface area contributed by atoms with Crippen LogP contribution in [0.2, 0.25) is 0 Å². The van der Waals surface area contributed by atoms with Gasteiger partial charge in [0.25, 0.3) is 11.5 Å². The number of pyridine rings is 1. The molecular weight excluding hydrogens is 208 g/mol. The molecule has 1 aliphatic heterocycles. The number of aryl methyl sites for hydroxylation is 1. The first kappa shape index (κ1) is 10.9. The zero-order chi connectivity index (χ0) is 11.7. The molecular formula is C11H14N2O3. The molecule has 0 radical (unpaired) electrons. The summed E-state index contributed by atoms with van der Waals surface area (Å²) in [6.45, 7) is 2.60. The molecule has 86 valence electrons. The van der Waals surface area contributed by atoms with Gasteiger partial charge in [0.2, 0.25) is 0 Å². The van der Waals surface area contributed by atoms with Gasteiger partial charge in [-0.3, -0.25) is 9.59 Å². The highest BCUT2D eigenvalue weighted by Gasteiger charge is 2.25. The van der Waals surface area contributed by atoms with E-state index >= 15 is 0 Å². The molecule has 1 aliphatic rings. The number of likely N-dealkylation sites (tertiary alicyclic amines) is 1. The molecule has 0 aliphatic carbocycles. The molecule has 5 nitrogen and oxygen atoms in total. The molecule has 0 aromatic carbocycles. The lowest BCUT2D eigenvalue weighted by Crippen LogP contribution is -2.30. The summed E-state index contributed by atoms with van der Waals surface area (Å²) in [6, 6.07) is 1.58. The fraction of sp³-hybridized carbons (Fsp3) is 0.455. The molecule has 1 aromatic heterocycles. The molecule has 1 amide bonds. The fourth-order valence-corrected chi connectivity index (χ4v) is 1.83. The van der Waals surface area contributed by atoms with Crippen LogP contribution >= 0.6 is 0 Å². The van der Waals surface area contributed by atoms with Crippen LogP contribution in [-0.4, -0.2) is 40.1 Å². The van der Waals surface area contributed by atoms with Gasteiger partial charge in [0.1, 0.15) is 0 Å². The number of amides is 1. The van der Waals surface area contributed by atoms with E-state index in [1.807, 2.05) is 0 Å². The number of hydrogen-bond acceptors (Lipinski definition) is 3. The van der Waals surface area contributed by atoms with Crippen LogP contribution in [0.5, 0.6) is 0 Å². The second-order valence-corrected chi connectivity index (χ2v) is 4.09. The van der Waals surface area contributed by atoms with E-state index in [2.05, 4.69) is 4.98 Å². The Labute approximate surface area is 92.7 Å². The summed E-state index contributed by atoms with van der Waals surface area (Å²) in [5, 5.41) is 9.34. The number of hydrogen-bond donors (Lipinski definition) is 2. The lowest BCUT2D eigenvalue weighted by molar-refractivity contribution is 0.0764. The molecule has 16 heavy (non-hydrogen) atoms. The summed E-state index contributed by atoms with van der Waals surface area (Å²) in [7, 11) is 0. The maximum Gasteiger partial charge on any atom is 0.255 e. The Morgan fingerprint density at radius 3 is 2.94 bits per heavy atom. The van der Waals surface area contributed by atoms with Gasteiger partial charge in [0, 0.05) is 24.8 Å². The van der Waals surface area contributed by atoms with Crippen LogP contribution < -0.4 is 5.56 Å². The molecule has 1 fully saturated rings. The van der Waals surface area contributed by atoms with E-state index in [4.69, 9.17) is 0 Å². The van der Waals surface area contributed by atoms with E-state index in [0.717, 1.165) is 0 Å². The minimum Gasteiger partial charge on any atom is -0.391 e. The Morgan fingerprint density at radius 2 is 2.38 bits per heavy atom. The average molecular weight is 222 g/mol. The normalized spacial score (nSPS) is 20.1. The van der Waals surface area contributed by atoms with Crippen LogP contribution in [0.15, 0.2) is 17.1 Å². The largest absolute Gasteiger partial charge is 0.391 e. The molecule has 0 bridgehead atoms. The van der Waals surface area contributed by atoms with Crippen LogP contribution in [0.4, 0.5) is 0 Å². The van der Waals surface area contributed by atoms with Crippen molar-refractivity contribution in [3.8, 4) is 0 Å². The highest BCUT2D eigenvalue weighted by atomic mass is 16.3. The van der Waals surface area contributed by atoms with E-state index < -0.39 is 6.10 Å². The molecule has 2 rings (SSSR count). The standard InChI is InChI=1S/C11H14N2O3/c1-7-4-8(5-12-10(7)15)11(16)13-3-2-9(14)6-13/h4-5,9,14H,2-3,6H2,1H3,(H,12,15). The SMILES string of the molecule is Cc1cc(C(=O)N2CCC(O)C2)c[nH]c1=O. The van der Waals surface area contributed by atoms with Crippen molar-refractivity contribution in [2.24, 2.45) is 0 Å². The lowest BCUT2D eigenvalue weighted by atomic mass is 10.2. The predicted molar refractivity (Wildman–Crippen MR) is 58.3 cm³/mol. The summed E-state index contributed by atoms with van der Waals surface area (Å²) >= 11 is 0. The smallest absolute Gasteiger partial charge is 0.255 e. The maximum absolute atomic E-state index is 11.9. The van der Waals surface area contributed by atoms with Crippen LogP contribution in [0.25, 0.3) is 0 Å². The molecule has 0 spiro atoms. The monoisotopic (exact) mass is 222 g/mol. The van der Waals surface area contributed by atoms with Crippen LogP contribution in [0, 0.1) is 6.92 Å². The molecule has 1 saturated heterocycles. The third-order valence-corrected chi connectivity index (χ3v) is 2.79. The van der Waals surface area contributed by atoms with Crippen molar-refractivity contribution < 1.29 is 9.90 Å². The molecule has 1 aromatic rings. The second-order valence-electron chi connectivity index (χ2n) is 4.09. The van der Waals surface area contributed by atoms with E-state index in [1.54, 1.807) is 17.9 Å². The number of nitrogens with zero attached hydrogens (tertiary/aromatic N) is 1. The predicted octanol–water partition coefficient (Wildman–Crippen LogP) is -0.110. The Kier molecular flexibility index (Phi) is 2.78. The van der Waals surface area contributed by atoms with Gasteiger partial charge in [0.15, 0.2) is 0 Å². The van der Waals surface area contributed by atoms with Crippen molar-refractivity contribution in [3.05, 3.63) is 33.7 Å². The quantitative estimate of drug-likeness (QED) is 0.696. The highest BCUT2D eigenvalue weighted by molar-refractivity contribution is 5.94. The van der Waals surface area contributed by atoms with E-state index in [1.165, 1.54) is 6.20 Å². The van der Waals surface area contributed by atoms with Gasteiger partial charge >= 0.3 is 0 Å². The number of rotatable bonds is 1. The number of β-amino-alcohol motifs (C(OH)–C–C–N with tert-alkyl or cyclic N) is 1. The van der Waals surface area contributed by atoms with Crippen LogP contribution in [0.3, 0.4) is 0 Å². The zero-order valence-corrected chi connectivity index (χ0v) is 9.06. The molecule has 1 unspecified atom stereocenters. The van der Waals surface area contributed by atoms with Gasteiger partial charge in [-0.15, -0.1) is 0 Å². The second kappa shape index (κ2) is 4.09. The molecule has 2 heterocycles. The van der Waals surface area contributed by atoms with E-state index in [9.17, 15) is 14.7 Å². The average Bonchev–Trinajstić information content (AvgIpc) is 2.68. The minimum absolute atomic E-state index is 0.143. The number of aliphatic hydroxyl groups is 1. The topological polar surface area (TPSA) is 73.4 Å². The number of H-pyrrole nitrogens is 1. The third-order valence-electron chi connectivity index (χ3n) is 2.79. The number of aromatic nitrogens is 1. The Morgan fingerprint density at radius 1 is 1.62 bits per heavy atom. The molecule has 0 saturated carbocycles. The van der Waals surface area contributed by atoms with Gasteiger partial charge < -0.3 is 15.0 Å². The van der Waals surface area contributed by atoms with Crippen molar-refractivity contribution in [1.29, 1.82) is 0 Å². The fourth-order valence-electron chi connectivity index (χ4n) is 1.83. The van der Waals surface area contributed by atoms with Crippen molar-refractivity contribution in [3.63, 3.8) is 0 Å². The first-order valence-corrected chi connectivity index (χ1v) is 5.24. The first-order chi connectivity index (χ1) is 7.58. The minimum atomic E-state index is -0.423. The summed E-state index contributed by atoms with van der Waals surface area (Å²) in [6.07, 6.45) is 1.61. The summed E-state index contributed by atoms with van der Waals surface area (Å²) < 4.78 is 0. The van der Waals surface area contributed by atoms with E-state index in [0.29, 0.717) is 30.6 Å². The summed E-state index contributed by atoms with van der Waals surface area (Å²) in [5.41, 5.74) is 0.801. The number of nitrogens with one attached hydrogen (secondary N) is 1. The Hall–Kier alpha value is -1.62. The zero-order valence-electron chi connectivity index (χ0n) is 9.06. The number of carbonyl (C=O) groups is 1. The van der Waals surface area contributed by atoms with Gasteiger partial charge in [-0.25, -0.2) is 0 Å². The Bertz CT molecular complexity index is 467. The number of carbonyl (C=O) groups excluding carboxylic acids is 1. The molecule has 2 N–H and O–H groups in total. The maximum atomic E-state index is 11.9. The van der Waals surface area contributed by atoms with Crippen LogP contribution in [0.1, 0.15) is 22.3 Å².